The van der Waals surface area contributed by atoms with Crippen LogP contribution in [0.2, 0.25) is 0 Å². The molecule has 0 aromatic rings. The minimum atomic E-state index is -0.924. The molecular formula is C16H26O3. The van der Waals surface area contributed by atoms with Crippen molar-refractivity contribution in [1.29, 1.82) is 0 Å². The molecule has 3 aliphatic rings. The summed E-state index contributed by atoms with van der Waals surface area (Å²) in [6.45, 7) is 9.00. The van der Waals surface area contributed by atoms with Crippen molar-refractivity contribution < 1.29 is 14.6 Å². The second-order valence-electron chi connectivity index (χ2n) is 8.10. The number of rotatable bonds is 0. The molecule has 2 aliphatic carbocycles. The third-order valence-corrected chi connectivity index (χ3v) is 6.46. The van der Waals surface area contributed by atoms with Gasteiger partial charge in [-0.15, -0.1) is 0 Å². The number of ether oxygens (including phenoxy) is 1. The Labute approximate surface area is 115 Å². The summed E-state index contributed by atoms with van der Waals surface area (Å²) in [5.41, 5.74) is -0.116. The van der Waals surface area contributed by atoms with E-state index in [1.807, 2.05) is 6.92 Å². The Morgan fingerprint density at radius 2 is 1.84 bits per heavy atom. The van der Waals surface area contributed by atoms with Gasteiger partial charge in [0.15, 0.2) is 6.10 Å². The van der Waals surface area contributed by atoms with E-state index in [1.54, 1.807) is 0 Å². The fraction of sp³-hybridized carbons (Fsp3) is 0.938. The van der Waals surface area contributed by atoms with Crippen molar-refractivity contribution in [2.45, 2.75) is 71.5 Å². The van der Waals surface area contributed by atoms with Crippen molar-refractivity contribution in [3.8, 4) is 0 Å². The van der Waals surface area contributed by atoms with E-state index < -0.39 is 17.7 Å². The minimum Gasteiger partial charge on any atom is -0.457 e. The number of aliphatic hydroxyl groups is 1. The molecule has 0 aromatic heterocycles. The lowest BCUT2D eigenvalue weighted by atomic mass is 9.45. The molecule has 5 atom stereocenters. The normalized spacial score (nSPS) is 52.3. The predicted octanol–water partition coefficient (Wildman–Crippen LogP) is 2.91. The molecule has 1 aliphatic heterocycles. The number of hydrogen-bond donors (Lipinski definition) is 1. The predicted molar refractivity (Wildman–Crippen MR) is 72.5 cm³/mol. The Morgan fingerprint density at radius 3 is 2.53 bits per heavy atom. The van der Waals surface area contributed by atoms with Gasteiger partial charge in [-0.05, 0) is 49.4 Å². The molecule has 1 heterocycles. The van der Waals surface area contributed by atoms with E-state index in [2.05, 4.69) is 20.8 Å². The zero-order chi connectivity index (χ0) is 14.1. The van der Waals surface area contributed by atoms with E-state index in [9.17, 15) is 9.90 Å². The first-order valence-electron chi connectivity index (χ1n) is 7.62. The second kappa shape index (κ2) is 3.75. The maximum Gasteiger partial charge on any atom is 0.335 e. The molecule has 3 nitrogen and oxygen atoms in total. The topological polar surface area (TPSA) is 46.5 Å². The van der Waals surface area contributed by atoms with E-state index in [4.69, 9.17) is 4.74 Å². The zero-order valence-corrected chi connectivity index (χ0v) is 12.5. The molecule has 0 unspecified atom stereocenters. The van der Waals surface area contributed by atoms with Crippen molar-refractivity contribution in [2.75, 3.05) is 0 Å². The molecule has 1 N–H and O–H groups in total. The molecule has 2 saturated carbocycles. The maximum atomic E-state index is 11.9. The zero-order valence-electron chi connectivity index (χ0n) is 12.5. The van der Waals surface area contributed by atoms with Crippen LogP contribution in [0.15, 0.2) is 0 Å². The average Bonchev–Trinajstić information content (AvgIpc) is 2.49. The molecule has 0 amide bonds. The molecule has 0 aromatic carbocycles. The number of aliphatic hydroxyl groups excluding tert-OH is 1. The Bertz CT molecular complexity index is 416. The quantitative estimate of drug-likeness (QED) is 0.686. The highest BCUT2D eigenvalue weighted by atomic mass is 16.6. The van der Waals surface area contributed by atoms with Gasteiger partial charge >= 0.3 is 5.97 Å². The standard InChI is InChI=1S/C16H26O3/c1-14(2)7-5-8-15(3)10(14)6-9-16(4)12(15)11(17)13(18)19-16/h10-12,17H,5-9H2,1-4H3/t10-,11-,12+,15-,16-/m0/s1. The monoisotopic (exact) mass is 266 g/mol. The van der Waals surface area contributed by atoms with Crippen molar-refractivity contribution in [1.82, 2.24) is 0 Å². The number of fused-ring (bicyclic) bond motifs is 3. The van der Waals surface area contributed by atoms with Crippen LogP contribution in [0.1, 0.15) is 59.8 Å². The highest BCUT2D eigenvalue weighted by Crippen LogP contribution is 2.64. The van der Waals surface area contributed by atoms with Gasteiger partial charge in [-0.2, -0.15) is 0 Å². The molecule has 0 bridgehead atoms. The summed E-state index contributed by atoms with van der Waals surface area (Å²) in [5.74, 6) is 0.138. The summed E-state index contributed by atoms with van der Waals surface area (Å²) in [6.07, 6.45) is 4.62. The van der Waals surface area contributed by atoms with Crippen molar-refractivity contribution in [2.24, 2.45) is 22.7 Å². The minimum absolute atomic E-state index is 0.0281. The summed E-state index contributed by atoms with van der Waals surface area (Å²) in [6, 6.07) is 0. The first-order valence-corrected chi connectivity index (χ1v) is 7.62. The van der Waals surface area contributed by atoms with Crippen LogP contribution in [0.25, 0.3) is 0 Å². The SMILES string of the molecule is CC1(C)CCC[C@]2(C)[C@H]3[C@H](O)C(=O)O[C@@]3(C)CC[C@@H]12. The molecule has 0 radical (unpaired) electrons. The highest BCUT2D eigenvalue weighted by Gasteiger charge is 2.66. The molecule has 0 spiro atoms. The second-order valence-corrected chi connectivity index (χ2v) is 8.10. The number of carbonyl (C=O) groups is 1. The van der Waals surface area contributed by atoms with Crippen LogP contribution in [-0.4, -0.2) is 22.8 Å². The Hall–Kier alpha value is -0.570. The van der Waals surface area contributed by atoms with Gasteiger partial charge in [0.1, 0.15) is 5.60 Å². The first-order chi connectivity index (χ1) is 8.71. The van der Waals surface area contributed by atoms with Crippen LogP contribution in [-0.2, 0) is 9.53 Å². The van der Waals surface area contributed by atoms with Crippen LogP contribution in [0.4, 0.5) is 0 Å². The largest absolute Gasteiger partial charge is 0.457 e. The van der Waals surface area contributed by atoms with Gasteiger partial charge in [-0.3, -0.25) is 0 Å². The summed E-state index contributed by atoms with van der Waals surface area (Å²) < 4.78 is 5.56. The third-order valence-electron chi connectivity index (χ3n) is 6.46. The van der Waals surface area contributed by atoms with E-state index in [-0.39, 0.29) is 11.3 Å². The van der Waals surface area contributed by atoms with Crippen LogP contribution in [0.5, 0.6) is 0 Å². The molecule has 1 saturated heterocycles. The maximum absolute atomic E-state index is 11.9. The van der Waals surface area contributed by atoms with E-state index in [0.717, 1.165) is 19.3 Å². The van der Waals surface area contributed by atoms with Crippen LogP contribution in [0.3, 0.4) is 0 Å². The number of carbonyl (C=O) groups excluding carboxylic acids is 1. The fourth-order valence-electron chi connectivity index (χ4n) is 5.78. The summed E-state index contributed by atoms with van der Waals surface area (Å²) in [7, 11) is 0. The molecule has 3 heteroatoms. The summed E-state index contributed by atoms with van der Waals surface area (Å²) in [5, 5.41) is 10.4. The van der Waals surface area contributed by atoms with Crippen molar-refractivity contribution in [3.63, 3.8) is 0 Å². The Balaban J connectivity index is 2.05. The molecule has 3 rings (SSSR count). The van der Waals surface area contributed by atoms with Crippen molar-refractivity contribution >= 4 is 5.97 Å². The van der Waals surface area contributed by atoms with Crippen LogP contribution in [0, 0.1) is 22.7 Å². The van der Waals surface area contributed by atoms with Crippen LogP contribution >= 0.6 is 0 Å². The van der Waals surface area contributed by atoms with Gasteiger partial charge in [-0.25, -0.2) is 4.79 Å². The van der Waals surface area contributed by atoms with Crippen molar-refractivity contribution in [3.05, 3.63) is 0 Å². The average molecular weight is 266 g/mol. The van der Waals surface area contributed by atoms with E-state index in [1.165, 1.54) is 12.8 Å². The van der Waals surface area contributed by atoms with Crippen LogP contribution < -0.4 is 0 Å². The number of hydrogen-bond acceptors (Lipinski definition) is 3. The van der Waals surface area contributed by atoms with Gasteiger partial charge < -0.3 is 9.84 Å². The molecule has 3 fully saturated rings. The van der Waals surface area contributed by atoms with Gasteiger partial charge in [0, 0.05) is 5.92 Å². The Kier molecular flexibility index (Phi) is 2.65. The molecule has 108 valence electrons. The van der Waals surface area contributed by atoms with Gasteiger partial charge in [0.05, 0.1) is 0 Å². The number of esters is 1. The van der Waals surface area contributed by atoms with E-state index >= 15 is 0 Å². The van der Waals surface area contributed by atoms with Gasteiger partial charge in [0.2, 0.25) is 0 Å². The first kappa shape index (κ1) is 13.4. The van der Waals surface area contributed by atoms with Gasteiger partial charge in [-0.1, -0.05) is 27.2 Å². The molecule has 19 heavy (non-hydrogen) atoms. The lowest BCUT2D eigenvalue weighted by molar-refractivity contribution is -0.165. The molecular weight excluding hydrogens is 240 g/mol. The Morgan fingerprint density at radius 1 is 1.16 bits per heavy atom. The lowest BCUT2D eigenvalue weighted by Crippen LogP contribution is -2.58. The summed E-state index contributed by atoms with van der Waals surface area (Å²) >= 11 is 0. The van der Waals surface area contributed by atoms with E-state index in [0.29, 0.717) is 11.3 Å². The smallest absolute Gasteiger partial charge is 0.335 e. The highest BCUT2D eigenvalue weighted by molar-refractivity contribution is 5.78. The summed E-state index contributed by atoms with van der Waals surface area (Å²) in [4.78, 5) is 11.9. The lowest BCUT2D eigenvalue weighted by Gasteiger charge is -2.59. The van der Waals surface area contributed by atoms with Gasteiger partial charge in [0.25, 0.3) is 0 Å². The third kappa shape index (κ3) is 1.63. The fourth-order valence-corrected chi connectivity index (χ4v) is 5.78.